The van der Waals surface area contributed by atoms with Crippen LogP contribution in [0.25, 0.3) is 0 Å². The molecule has 1 aliphatic heterocycles. The highest BCUT2D eigenvalue weighted by Gasteiger charge is 2.31. The van der Waals surface area contributed by atoms with E-state index in [1.54, 1.807) is 0 Å². The molecule has 2 heteroatoms. The van der Waals surface area contributed by atoms with Gasteiger partial charge in [-0.1, -0.05) is 13.8 Å². The Labute approximate surface area is 101 Å². The first-order valence-corrected chi connectivity index (χ1v) is 7.04. The molecule has 0 radical (unpaired) electrons. The molecule has 2 nitrogen and oxygen atoms in total. The first-order valence-electron chi connectivity index (χ1n) is 7.04. The van der Waals surface area contributed by atoms with Crippen molar-refractivity contribution >= 4 is 0 Å². The van der Waals surface area contributed by atoms with Crippen molar-refractivity contribution < 1.29 is 0 Å². The van der Waals surface area contributed by atoms with Crippen molar-refractivity contribution in [3.05, 3.63) is 0 Å². The van der Waals surface area contributed by atoms with E-state index >= 15 is 0 Å². The highest BCUT2D eigenvalue weighted by molar-refractivity contribution is 4.88. The van der Waals surface area contributed by atoms with E-state index in [-0.39, 0.29) is 0 Å². The average Bonchev–Trinajstić information content (AvgIpc) is 2.14. The van der Waals surface area contributed by atoms with Gasteiger partial charge in [0.25, 0.3) is 0 Å². The van der Waals surface area contributed by atoms with Crippen molar-refractivity contribution in [3.8, 4) is 0 Å². The summed E-state index contributed by atoms with van der Waals surface area (Å²) in [4.78, 5) is 2.75. The summed E-state index contributed by atoms with van der Waals surface area (Å²) < 4.78 is 0. The monoisotopic (exact) mass is 224 g/mol. The minimum Gasteiger partial charge on any atom is -0.309 e. The molecule has 0 spiro atoms. The Morgan fingerprint density at radius 2 is 1.31 bits per heavy atom. The molecule has 1 N–H and O–H groups in total. The standard InChI is InChI=1S/C14H28N2/c1-10-5-11(2)7-14(6-10)16-8-12(3)15-13(4)9-16/h10-15H,5-9H2,1-4H3. The van der Waals surface area contributed by atoms with E-state index in [9.17, 15) is 0 Å². The number of nitrogens with one attached hydrogen (secondary N) is 1. The van der Waals surface area contributed by atoms with Crippen LogP contribution >= 0.6 is 0 Å². The topological polar surface area (TPSA) is 15.3 Å². The average molecular weight is 224 g/mol. The Morgan fingerprint density at radius 1 is 0.812 bits per heavy atom. The summed E-state index contributed by atoms with van der Waals surface area (Å²) in [6, 6.07) is 2.18. The Hall–Kier alpha value is -0.0800. The van der Waals surface area contributed by atoms with Crippen LogP contribution < -0.4 is 5.32 Å². The zero-order chi connectivity index (χ0) is 11.7. The molecule has 1 saturated carbocycles. The molecular weight excluding hydrogens is 196 g/mol. The number of hydrogen-bond acceptors (Lipinski definition) is 2. The predicted molar refractivity (Wildman–Crippen MR) is 69.6 cm³/mol. The van der Waals surface area contributed by atoms with Gasteiger partial charge in [-0.15, -0.1) is 0 Å². The van der Waals surface area contributed by atoms with Gasteiger partial charge in [0.05, 0.1) is 0 Å². The van der Waals surface area contributed by atoms with E-state index in [1.807, 2.05) is 0 Å². The van der Waals surface area contributed by atoms with Crippen LogP contribution in [0, 0.1) is 11.8 Å². The molecule has 4 unspecified atom stereocenters. The highest BCUT2D eigenvalue weighted by atomic mass is 15.2. The summed E-state index contributed by atoms with van der Waals surface area (Å²) in [5.41, 5.74) is 0. The fourth-order valence-corrected chi connectivity index (χ4v) is 3.87. The molecule has 0 aromatic heterocycles. The number of piperazine rings is 1. The molecule has 0 bridgehead atoms. The van der Waals surface area contributed by atoms with Gasteiger partial charge in [-0.2, -0.15) is 0 Å². The number of nitrogens with zero attached hydrogens (tertiary/aromatic N) is 1. The van der Waals surface area contributed by atoms with Crippen molar-refractivity contribution in [3.63, 3.8) is 0 Å². The quantitative estimate of drug-likeness (QED) is 0.736. The lowest BCUT2D eigenvalue weighted by Gasteiger charge is -2.44. The molecule has 1 heterocycles. The minimum absolute atomic E-state index is 0.663. The van der Waals surface area contributed by atoms with Crippen LogP contribution in [-0.4, -0.2) is 36.1 Å². The summed E-state index contributed by atoms with van der Waals surface area (Å²) >= 11 is 0. The summed E-state index contributed by atoms with van der Waals surface area (Å²) in [6.45, 7) is 12.0. The van der Waals surface area contributed by atoms with Crippen LogP contribution in [0.3, 0.4) is 0 Å². The Bertz CT molecular complexity index is 185. The second-order valence-electron chi connectivity index (χ2n) is 6.49. The second-order valence-corrected chi connectivity index (χ2v) is 6.49. The smallest absolute Gasteiger partial charge is 0.0169 e. The van der Waals surface area contributed by atoms with Crippen LogP contribution in [0.4, 0.5) is 0 Å². The molecule has 16 heavy (non-hydrogen) atoms. The Morgan fingerprint density at radius 3 is 1.81 bits per heavy atom. The van der Waals surface area contributed by atoms with Gasteiger partial charge in [-0.3, -0.25) is 4.90 Å². The van der Waals surface area contributed by atoms with Crippen LogP contribution in [-0.2, 0) is 0 Å². The van der Waals surface area contributed by atoms with Crippen LogP contribution in [0.15, 0.2) is 0 Å². The Balaban J connectivity index is 1.95. The van der Waals surface area contributed by atoms with Crippen molar-refractivity contribution in [2.24, 2.45) is 11.8 Å². The van der Waals surface area contributed by atoms with Crippen LogP contribution in [0.2, 0.25) is 0 Å². The van der Waals surface area contributed by atoms with Gasteiger partial charge in [-0.05, 0) is 44.9 Å². The highest BCUT2D eigenvalue weighted by Crippen LogP contribution is 2.32. The van der Waals surface area contributed by atoms with Gasteiger partial charge < -0.3 is 5.32 Å². The summed E-state index contributed by atoms with van der Waals surface area (Å²) in [6.07, 6.45) is 4.28. The Kier molecular flexibility index (Phi) is 3.91. The fraction of sp³-hybridized carbons (Fsp3) is 1.00. The molecule has 0 amide bonds. The molecule has 0 aromatic rings. The van der Waals surface area contributed by atoms with Crippen LogP contribution in [0.5, 0.6) is 0 Å². The summed E-state index contributed by atoms with van der Waals surface area (Å²) in [7, 11) is 0. The van der Waals surface area contributed by atoms with Gasteiger partial charge in [-0.25, -0.2) is 0 Å². The van der Waals surface area contributed by atoms with Gasteiger partial charge in [0.1, 0.15) is 0 Å². The van der Waals surface area contributed by atoms with Crippen molar-refractivity contribution in [2.45, 2.75) is 65.1 Å². The zero-order valence-electron chi connectivity index (χ0n) is 11.4. The third kappa shape index (κ3) is 2.98. The first-order chi connectivity index (χ1) is 7.54. The van der Waals surface area contributed by atoms with E-state index in [1.165, 1.54) is 32.4 Å². The maximum Gasteiger partial charge on any atom is 0.0169 e. The molecule has 4 atom stereocenters. The van der Waals surface area contributed by atoms with E-state index < -0.39 is 0 Å². The van der Waals surface area contributed by atoms with Gasteiger partial charge in [0.2, 0.25) is 0 Å². The molecule has 2 rings (SSSR count). The molecule has 2 aliphatic rings. The second kappa shape index (κ2) is 5.05. The number of rotatable bonds is 1. The van der Waals surface area contributed by atoms with Crippen molar-refractivity contribution in [1.29, 1.82) is 0 Å². The SMILES string of the molecule is CC1CC(C)CC(N2CC(C)NC(C)C2)C1. The summed E-state index contributed by atoms with van der Waals surface area (Å²) in [5.74, 6) is 1.85. The van der Waals surface area contributed by atoms with E-state index in [0.29, 0.717) is 12.1 Å². The van der Waals surface area contributed by atoms with Gasteiger partial charge in [0, 0.05) is 31.2 Å². The van der Waals surface area contributed by atoms with Crippen molar-refractivity contribution in [2.75, 3.05) is 13.1 Å². The molecule has 94 valence electrons. The minimum atomic E-state index is 0.663. The third-order valence-corrected chi connectivity index (χ3v) is 4.26. The predicted octanol–water partition coefficient (Wildman–Crippen LogP) is 2.49. The molecule has 1 saturated heterocycles. The summed E-state index contributed by atoms with van der Waals surface area (Å²) in [5, 5.41) is 3.63. The van der Waals surface area contributed by atoms with E-state index in [4.69, 9.17) is 0 Å². The largest absolute Gasteiger partial charge is 0.309 e. The molecule has 1 aliphatic carbocycles. The first kappa shape index (κ1) is 12.4. The normalized spacial score (nSPS) is 46.9. The molecule has 0 aromatic carbocycles. The lowest BCUT2D eigenvalue weighted by atomic mass is 9.79. The van der Waals surface area contributed by atoms with E-state index in [2.05, 4.69) is 37.9 Å². The fourth-order valence-electron chi connectivity index (χ4n) is 3.87. The molecule has 2 fully saturated rings. The maximum absolute atomic E-state index is 3.63. The lowest BCUT2D eigenvalue weighted by Crippen LogP contribution is -2.57. The number of hydrogen-bond donors (Lipinski definition) is 1. The van der Waals surface area contributed by atoms with Gasteiger partial charge >= 0.3 is 0 Å². The maximum atomic E-state index is 3.63. The third-order valence-electron chi connectivity index (χ3n) is 4.26. The van der Waals surface area contributed by atoms with Crippen LogP contribution in [0.1, 0.15) is 47.0 Å². The zero-order valence-corrected chi connectivity index (χ0v) is 11.4. The van der Waals surface area contributed by atoms with Gasteiger partial charge in [0.15, 0.2) is 0 Å². The van der Waals surface area contributed by atoms with Crippen molar-refractivity contribution in [1.82, 2.24) is 10.2 Å². The van der Waals surface area contributed by atoms with E-state index in [0.717, 1.165) is 17.9 Å². The lowest BCUT2D eigenvalue weighted by molar-refractivity contribution is 0.0694. The molecular formula is C14H28N2.